The zero-order valence-electron chi connectivity index (χ0n) is 17.2. The molecule has 0 aliphatic heterocycles. The summed E-state index contributed by atoms with van der Waals surface area (Å²) in [7, 11) is 0. The van der Waals surface area contributed by atoms with Crippen LogP contribution in [0.5, 0.6) is 5.75 Å². The maximum atomic E-state index is 13.0. The molecule has 0 saturated carbocycles. The van der Waals surface area contributed by atoms with E-state index in [-0.39, 0.29) is 12.4 Å². The second-order valence-electron chi connectivity index (χ2n) is 7.48. The van der Waals surface area contributed by atoms with Crippen LogP contribution in [0.3, 0.4) is 0 Å². The van der Waals surface area contributed by atoms with Crippen molar-refractivity contribution in [2.45, 2.75) is 25.7 Å². The highest BCUT2D eigenvalue weighted by Crippen LogP contribution is 2.37. The number of primary amides is 1. The Morgan fingerprint density at radius 2 is 1.59 bits per heavy atom. The normalized spacial score (nSPS) is 12.7. The number of benzene rings is 2. The predicted molar refractivity (Wildman–Crippen MR) is 120 cm³/mol. The Morgan fingerprint density at radius 3 is 2.25 bits per heavy atom. The second kappa shape index (κ2) is 9.32. The number of aryl methyl sites for hydroxylation is 1. The average molecular weight is 453 g/mol. The fourth-order valence-electron chi connectivity index (χ4n) is 3.70. The molecule has 0 atom stereocenters. The summed E-state index contributed by atoms with van der Waals surface area (Å²) in [5.41, 5.74) is 7.70. The number of ether oxygens (including phenoxy) is 1. The standard InChI is InChI=1S/C24H21FN2O4S/c25-16-9-5-14(6-10-16)22(29)15-7-11-17(12-8-15)31-13-20(28)27-24-21(23(26)30)18-3-1-2-4-19(18)32-24/h5-12H,1-4,13H2,(H2,26,30)(H,27,28). The quantitative estimate of drug-likeness (QED) is 0.527. The van der Waals surface area contributed by atoms with Crippen molar-refractivity contribution in [3.05, 3.63) is 81.5 Å². The van der Waals surface area contributed by atoms with Gasteiger partial charge >= 0.3 is 0 Å². The van der Waals surface area contributed by atoms with E-state index in [2.05, 4.69) is 5.32 Å². The molecule has 0 fully saturated rings. The number of hydrogen-bond acceptors (Lipinski definition) is 5. The smallest absolute Gasteiger partial charge is 0.262 e. The van der Waals surface area contributed by atoms with E-state index in [1.165, 1.54) is 35.6 Å². The molecular weight excluding hydrogens is 431 g/mol. The number of amides is 2. The van der Waals surface area contributed by atoms with Gasteiger partial charge in [-0.05, 0) is 79.8 Å². The zero-order chi connectivity index (χ0) is 22.7. The third-order valence-electron chi connectivity index (χ3n) is 5.26. The van der Waals surface area contributed by atoms with Crippen molar-refractivity contribution in [2.24, 2.45) is 5.73 Å². The Bertz CT molecular complexity index is 1170. The number of rotatable bonds is 7. The molecule has 0 bridgehead atoms. The highest BCUT2D eigenvalue weighted by molar-refractivity contribution is 7.17. The van der Waals surface area contributed by atoms with E-state index in [4.69, 9.17) is 10.5 Å². The van der Waals surface area contributed by atoms with E-state index in [0.29, 0.717) is 27.4 Å². The van der Waals surface area contributed by atoms with E-state index in [9.17, 15) is 18.8 Å². The van der Waals surface area contributed by atoms with E-state index < -0.39 is 17.6 Å². The number of nitrogens with two attached hydrogens (primary N) is 1. The number of carbonyl (C=O) groups excluding carboxylic acids is 3. The van der Waals surface area contributed by atoms with Gasteiger partial charge in [0, 0.05) is 16.0 Å². The maximum Gasteiger partial charge on any atom is 0.262 e. The summed E-state index contributed by atoms with van der Waals surface area (Å²) in [4.78, 5) is 37.9. The Labute approximate surface area is 188 Å². The summed E-state index contributed by atoms with van der Waals surface area (Å²) in [6.45, 7) is -0.258. The van der Waals surface area contributed by atoms with Crippen molar-refractivity contribution in [2.75, 3.05) is 11.9 Å². The minimum atomic E-state index is -0.540. The van der Waals surface area contributed by atoms with Crippen LogP contribution in [0, 0.1) is 5.82 Å². The largest absolute Gasteiger partial charge is 0.484 e. The van der Waals surface area contributed by atoms with Gasteiger partial charge in [0.05, 0.1) is 5.56 Å². The molecule has 6 nitrogen and oxygen atoms in total. The predicted octanol–water partition coefficient (Wildman–Crippen LogP) is 4.11. The zero-order valence-corrected chi connectivity index (χ0v) is 18.0. The van der Waals surface area contributed by atoms with Gasteiger partial charge in [-0.25, -0.2) is 4.39 Å². The van der Waals surface area contributed by atoms with Gasteiger partial charge in [0.15, 0.2) is 12.4 Å². The van der Waals surface area contributed by atoms with Crippen LogP contribution in [0.25, 0.3) is 0 Å². The minimum Gasteiger partial charge on any atom is -0.484 e. The molecule has 32 heavy (non-hydrogen) atoms. The number of thiophene rings is 1. The van der Waals surface area contributed by atoms with Crippen LogP contribution < -0.4 is 15.8 Å². The van der Waals surface area contributed by atoms with E-state index >= 15 is 0 Å². The van der Waals surface area contributed by atoms with Crippen molar-refractivity contribution in [3.8, 4) is 5.75 Å². The van der Waals surface area contributed by atoms with Gasteiger partial charge < -0.3 is 15.8 Å². The van der Waals surface area contributed by atoms with Crippen LogP contribution >= 0.6 is 11.3 Å². The van der Waals surface area contributed by atoms with Crippen LogP contribution in [-0.4, -0.2) is 24.2 Å². The molecule has 4 rings (SSSR count). The van der Waals surface area contributed by atoms with Crippen LogP contribution in [0.4, 0.5) is 9.39 Å². The first kappa shape index (κ1) is 21.7. The summed E-state index contributed by atoms with van der Waals surface area (Å²) < 4.78 is 18.5. The number of nitrogens with one attached hydrogen (secondary N) is 1. The Balaban J connectivity index is 1.37. The average Bonchev–Trinajstić information content (AvgIpc) is 3.16. The molecular formula is C24H21FN2O4S. The van der Waals surface area contributed by atoms with Crippen molar-refractivity contribution in [1.82, 2.24) is 0 Å². The van der Waals surface area contributed by atoms with Crippen LogP contribution in [0.1, 0.15) is 49.6 Å². The van der Waals surface area contributed by atoms with E-state index in [1.807, 2.05) is 0 Å². The number of fused-ring (bicyclic) bond motifs is 1. The first-order valence-electron chi connectivity index (χ1n) is 10.2. The molecule has 0 saturated heterocycles. The second-order valence-corrected chi connectivity index (χ2v) is 8.58. The summed E-state index contributed by atoms with van der Waals surface area (Å²) >= 11 is 1.39. The Hall–Kier alpha value is -3.52. The van der Waals surface area contributed by atoms with Crippen molar-refractivity contribution in [3.63, 3.8) is 0 Å². The fourth-order valence-corrected chi connectivity index (χ4v) is 5.01. The number of halogens is 1. The molecule has 1 aliphatic carbocycles. The number of anilines is 1. The summed E-state index contributed by atoms with van der Waals surface area (Å²) in [5, 5.41) is 3.21. The minimum absolute atomic E-state index is 0.241. The lowest BCUT2D eigenvalue weighted by Crippen LogP contribution is -2.22. The molecule has 0 unspecified atom stereocenters. The number of hydrogen-bond donors (Lipinski definition) is 2. The molecule has 0 spiro atoms. The van der Waals surface area contributed by atoms with Crippen molar-refractivity contribution >= 4 is 33.9 Å². The number of ketones is 1. The monoisotopic (exact) mass is 452 g/mol. The van der Waals surface area contributed by atoms with Crippen LogP contribution in [0.2, 0.25) is 0 Å². The SMILES string of the molecule is NC(=O)c1c(NC(=O)COc2ccc(C(=O)c3ccc(F)cc3)cc2)sc2c1CCCC2. The summed E-state index contributed by atoms with van der Waals surface area (Å²) in [6.07, 6.45) is 3.73. The highest BCUT2D eigenvalue weighted by Gasteiger charge is 2.25. The Kier molecular flexibility index (Phi) is 6.32. The lowest BCUT2D eigenvalue weighted by atomic mass is 9.95. The van der Waals surface area contributed by atoms with Crippen LogP contribution in [-0.2, 0) is 17.6 Å². The molecule has 2 aromatic carbocycles. The van der Waals surface area contributed by atoms with Gasteiger partial charge in [0.1, 0.15) is 16.6 Å². The van der Waals surface area contributed by atoms with Crippen LogP contribution in [0.15, 0.2) is 48.5 Å². The first-order valence-corrected chi connectivity index (χ1v) is 11.0. The van der Waals surface area contributed by atoms with Gasteiger partial charge in [-0.2, -0.15) is 0 Å². The lowest BCUT2D eigenvalue weighted by Gasteiger charge is -2.11. The lowest BCUT2D eigenvalue weighted by molar-refractivity contribution is -0.118. The highest BCUT2D eigenvalue weighted by atomic mass is 32.1. The summed E-state index contributed by atoms with van der Waals surface area (Å²) in [6, 6.07) is 11.7. The Morgan fingerprint density at radius 1 is 0.969 bits per heavy atom. The molecule has 2 amide bonds. The van der Waals surface area contributed by atoms with Crippen molar-refractivity contribution < 1.29 is 23.5 Å². The molecule has 1 aromatic heterocycles. The molecule has 3 N–H and O–H groups in total. The maximum absolute atomic E-state index is 13.0. The molecule has 1 aliphatic rings. The molecule has 0 radical (unpaired) electrons. The topological polar surface area (TPSA) is 98.5 Å². The third-order valence-corrected chi connectivity index (χ3v) is 6.47. The molecule has 3 aromatic rings. The van der Waals surface area contributed by atoms with Gasteiger partial charge in [0.25, 0.3) is 11.8 Å². The van der Waals surface area contributed by atoms with Gasteiger partial charge in [-0.1, -0.05) is 0 Å². The molecule has 164 valence electrons. The summed E-state index contributed by atoms with van der Waals surface area (Å²) in [5.74, 6) is -1.18. The molecule has 1 heterocycles. The fraction of sp³-hybridized carbons (Fsp3) is 0.208. The van der Waals surface area contributed by atoms with Gasteiger partial charge in [-0.15, -0.1) is 11.3 Å². The molecule has 8 heteroatoms. The van der Waals surface area contributed by atoms with E-state index in [1.54, 1.807) is 24.3 Å². The van der Waals surface area contributed by atoms with Gasteiger partial charge in [-0.3, -0.25) is 14.4 Å². The third kappa shape index (κ3) is 4.70. The van der Waals surface area contributed by atoms with Gasteiger partial charge in [0.2, 0.25) is 0 Å². The number of carbonyl (C=O) groups is 3. The van der Waals surface area contributed by atoms with E-state index in [0.717, 1.165) is 36.1 Å². The van der Waals surface area contributed by atoms with Crippen molar-refractivity contribution in [1.29, 1.82) is 0 Å². The first-order chi connectivity index (χ1) is 15.4.